The van der Waals surface area contributed by atoms with E-state index in [4.69, 9.17) is 16.3 Å². The molecular weight excluding hydrogens is 280 g/mol. The van der Waals surface area contributed by atoms with Crippen LogP contribution in [0.15, 0.2) is 48.5 Å². The summed E-state index contributed by atoms with van der Waals surface area (Å²) in [6.07, 6.45) is 0. The van der Waals surface area contributed by atoms with Gasteiger partial charge < -0.3 is 14.9 Å². The van der Waals surface area contributed by atoms with Gasteiger partial charge in [-0.3, -0.25) is 4.79 Å². The molecule has 20 heavy (non-hydrogen) atoms. The van der Waals surface area contributed by atoms with Crippen LogP contribution in [0.25, 0.3) is 0 Å². The largest absolute Gasteiger partial charge is 0.508 e. The first-order valence-corrected chi connectivity index (χ1v) is 6.35. The number of phenols is 1. The molecule has 104 valence electrons. The van der Waals surface area contributed by atoms with Crippen molar-refractivity contribution in [3.8, 4) is 11.5 Å². The number of carboxylic acids is 1. The van der Waals surface area contributed by atoms with E-state index in [0.717, 1.165) is 0 Å². The second kappa shape index (κ2) is 6.30. The van der Waals surface area contributed by atoms with E-state index in [1.54, 1.807) is 36.4 Å². The van der Waals surface area contributed by atoms with Crippen LogP contribution in [0.4, 0.5) is 0 Å². The van der Waals surface area contributed by atoms with Gasteiger partial charge in [0, 0.05) is 0 Å². The van der Waals surface area contributed by atoms with Crippen molar-refractivity contribution < 1.29 is 19.7 Å². The number of aromatic hydroxyl groups is 1. The zero-order chi connectivity index (χ0) is 14.5. The fourth-order valence-corrected chi connectivity index (χ4v) is 1.94. The molecule has 1 atom stereocenters. The lowest BCUT2D eigenvalue weighted by Crippen LogP contribution is -2.19. The average Bonchev–Trinajstić information content (AvgIpc) is 2.42. The minimum Gasteiger partial charge on any atom is -0.508 e. The van der Waals surface area contributed by atoms with Crippen molar-refractivity contribution in [2.24, 2.45) is 0 Å². The monoisotopic (exact) mass is 292 g/mol. The van der Waals surface area contributed by atoms with Crippen molar-refractivity contribution >= 4 is 17.6 Å². The van der Waals surface area contributed by atoms with Gasteiger partial charge in [-0.2, -0.15) is 0 Å². The maximum atomic E-state index is 11.3. The van der Waals surface area contributed by atoms with Crippen LogP contribution >= 0.6 is 11.6 Å². The zero-order valence-electron chi connectivity index (χ0n) is 10.5. The molecule has 0 spiro atoms. The van der Waals surface area contributed by atoms with Gasteiger partial charge in [0.25, 0.3) is 0 Å². The van der Waals surface area contributed by atoms with Crippen molar-refractivity contribution in [1.29, 1.82) is 0 Å². The summed E-state index contributed by atoms with van der Waals surface area (Å²) in [5.41, 5.74) is 0.558. The number of rotatable bonds is 5. The minimum atomic E-state index is -0.997. The van der Waals surface area contributed by atoms with Crippen LogP contribution < -0.4 is 4.74 Å². The molecule has 0 saturated heterocycles. The van der Waals surface area contributed by atoms with E-state index in [1.807, 2.05) is 0 Å². The summed E-state index contributed by atoms with van der Waals surface area (Å²) < 4.78 is 5.47. The second-order valence-corrected chi connectivity index (χ2v) is 4.63. The molecule has 0 fully saturated rings. The van der Waals surface area contributed by atoms with Gasteiger partial charge in [0.1, 0.15) is 24.0 Å². The molecule has 0 amide bonds. The van der Waals surface area contributed by atoms with Crippen molar-refractivity contribution in [2.75, 3.05) is 6.61 Å². The number of carboxylic acid groups (broad SMARTS) is 1. The number of carbonyl (C=O) groups is 1. The summed E-state index contributed by atoms with van der Waals surface area (Å²) in [4.78, 5) is 11.3. The molecular formula is C15H13ClO4. The van der Waals surface area contributed by atoms with Gasteiger partial charge in [-0.05, 0) is 29.8 Å². The summed E-state index contributed by atoms with van der Waals surface area (Å²) in [6.45, 7) is -0.0379. The van der Waals surface area contributed by atoms with Gasteiger partial charge in [0.2, 0.25) is 0 Å². The van der Waals surface area contributed by atoms with Gasteiger partial charge >= 0.3 is 5.97 Å². The normalized spacial score (nSPS) is 11.8. The number of halogens is 1. The highest BCUT2D eigenvalue weighted by Gasteiger charge is 2.21. The van der Waals surface area contributed by atoms with Gasteiger partial charge in [-0.25, -0.2) is 0 Å². The SMILES string of the molecule is O=C(O)C(COc1ccccc1Cl)c1ccc(O)cc1. The molecule has 0 aliphatic carbocycles. The Labute approximate surface area is 121 Å². The molecule has 1 unspecified atom stereocenters. The van der Waals surface area contributed by atoms with Gasteiger partial charge in [-0.1, -0.05) is 35.9 Å². The molecule has 2 N–H and O–H groups in total. The Bertz CT molecular complexity index is 595. The molecule has 0 aliphatic heterocycles. The quantitative estimate of drug-likeness (QED) is 0.887. The van der Waals surface area contributed by atoms with Crippen LogP contribution in [0, 0.1) is 0 Å². The molecule has 0 heterocycles. The molecule has 0 aromatic heterocycles. The van der Waals surface area contributed by atoms with E-state index < -0.39 is 11.9 Å². The average molecular weight is 293 g/mol. The fourth-order valence-electron chi connectivity index (χ4n) is 1.75. The standard InChI is InChI=1S/C15H13ClO4/c16-13-3-1-2-4-14(13)20-9-12(15(18)19)10-5-7-11(17)8-6-10/h1-8,12,17H,9H2,(H,18,19). The Hall–Kier alpha value is -2.20. The van der Waals surface area contributed by atoms with Gasteiger partial charge in [-0.15, -0.1) is 0 Å². The lowest BCUT2D eigenvalue weighted by Gasteiger charge is -2.15. The summed E-state index contributed by atoms with van der Waals surface area (Å²) in [5.74, 6) is -1.29. The number of hydrogen-bond acceptors (Lipinski definition) is 3. The smallest absolute Gasteiger partial charge is 0.314 e. The van der Waals surface area contributed by atoms with E-state index in [0.29, 0.717) is 16.3 Å². The fraction of sp³-hybridized carbons (Fsp3) is 0.133. The number of benzene rings is 2. The van der Waals surface area contributed by atoms with E-state index in [9.17, 15) is 15.0 Å². The highest BCUT2D eigenvalue weighted by Crippen LogP contribution is 2.26. The van der Waals surface area contributed by atoms with Crippen molar-refractivity contribution in [3.63, 3.8) is 0 Å². The van der Waals surface area contributed by atoms with Crippen LogP contribution in [-0.4, -0.2) is 22.8 Å². The Kier molecular flexibility index (Phi) is 4.48. The Balaban J connectivity index is 2.13. The van der Waals surface area contributed by atoms with E-state index >= 15 is 0 Å². The molecule has 0 radical (unpaired) electrons. The number of ether oxygens (including phenoxy) is 1. The van der Waals surface area contributed by atoms with E-state index in [1.165, 1.54) is 12.1 Å². The zero-order valence-corrected chi connectivity index (χ0v) is 11.2. The van der Waals surface area contributed by atoms with Crippen LogP contribution in [0.3, 0.4) is 0 Å². The topological polar surface area (TPSA) is 66.8 Å². The summed E-state index contributed by atoms with van der Waals surface area (Å²) in [5, 5.41) is 18.9. The number of phenolic OH excluding ortho intramolecular Hbond substituents is 1. The maximum absolute atomic E-state index is 11.3. The first-order valence-electron chi connectivity index (χ1n) is 5.97. The third kappa shape index (κ3) is 3.42. The number of aliphatic carboxylic acids is 1. The Morgan fingerprint density at radius 2 is 1.80 bits per heavy atom. The second-order valence-electron chi connectivity index (χ2n) is 4.22. The van der Waals surface area contributed by atoms with Crippen molar-refractivity contribution in [1.82, 2.24) is 0 Å². The van der Waals surface area contributed by atoms with Crippen LogP contribution in [0.2, 0.25) is 5.02 Å². The van der Waals surface area contributed by atoms with Crippen LogP contribution in [0.1, 0.15) is 11.5 Å². The Morgan fingerprint density at radius 1 is 1.15 bits per heavy atom. The summed E-state index contributed by atoms with van der Waals surface area (Å²) in [6, 6.07) is 12.9. The van der Waals surface area contributed by atoms with Crippen molar-refractivity contribution in [2.45, 2.75) is 5.92 Å². The molecule has 0 bridgehead atoms. The summed E-state index contributed by atoms with van der Waals surface area (Å²) >= 11 is 5.95. The van der Waals surface area contributed by atoms with Crippen molar-refractivity contribution in [3.05, 3.63) is 59.1 Å². The molecule has 5 heteroatoms. The first kappa shape index (κ1) is 14.2. The maximum Gasteiger partial charge on any atom is 0.314 e. The van der Waals surface area contributed by atoms with E-state index in [2.05, 4.69) is 0 Å². The van der Waals surface area contributed by atoms with Crippen LogP contribution in [0.5, 0.6) is 11.5 Å². The Morgan fingerprint density at radius 3 is 2.40 bits per heavy atom. The summed E-state index contributed by atoms with van der Waals surface area (Å²) in [7, 11) is 0. The molecule has 2 rings (SSSR count). The molecule has 0 aliphatic rings. The number of para-hydroxylation sites is 1. The third-order valence-corrected chi connectivity index (χ3v) is 3.15. The first-order chi connectivity index (χ1) is 9.58. The van der Waals surface area contributed by atoms with Gasteiger partial charge in [0.15, 0.2) is 0 Å². The molecule has 2 aromatic rings. The van der Waals surface area contributed by atoms with Gasteiger partial charge in [0.05, 0.1) is 5.02 Å². The lowest BCUT2D eigenvalue weighted by molar-refractivity contribution is -0.139. The predicted molar refractivity (Wildman–Crippen MR) is 75.4 cm³/mol. The highest BCUT2D eigenvalue weighted by atomic mass is 35.5. The van der Waals surface area contributed by atoms with Crippen LogP contribution in [-0.2, 0) is 4.79 Å². The van der Waals surface area contributed by atoms with E-state index in [-0.39, 0.29) is 12.4 Å². The molecule has 0 saturated carbocycles. The molecule has 2 aromatic carbocycles. The predicted octanol–water partition coefficient (Wildman–Crippen LogP) is 3.29. The molecule has 4 nitrogen and oxygen atoms in total. The minimum absolute atomic E-state index is 0.0379. The lowest BCUT2D eigenvalue weighted by atomic mass is 10.0. The highest BCUT2D eigenvalue weighted by molar-refractivity contribution is 6.32. The third-order valence-electron chi connectivity index (χ3n) is 2.84. The number of hydrogen-bond donors (Lipinski definition) is 2.